The maximum atomic E-state index is 9.99. The molecule has 0 saturated carbocycles. The molecule has 0 saturated heterocycles. The summed E-state index contributed by atoms with van der Waals surface area (Å²) in [7, 11) is 0. The second-order valence-corrected chi connectivity index (χ2v) is 7.14. The highest BCUT2D eigenvalue weighted by Crippen LogP contribution is 2.32. The fourth-order valence-corrected chi connectivity index (χ4v) is 2.84. The zero-order valence-electron chi connectivity index (χ0n) is 11.8. The Bertz CT molecular complexity index is 641. The fraction of sp³-hybridized carbons (Fsp3) is 0.250. The molecule has 0 heterocycles. The maximum absolute atomic E-state index is 9.99. The van der Waals surface area contributed by atoms with Gasteiger partial charge in [-0.05, 0) is 43.7 Å². The molecule has 0 unspecified atom stereocenters. The van der Waals surface area contributed by atoms with Crippen LogP contribution in [0.2, 0.25) is 10.0 Å². The van der Waals surface area contributed by atoms with Gasteiger partial charge in [0.1, 0.15) is 5.75 Å². The van der Waals surface area contributed by atoms with Crippen LogP contribution in [0.4, 0.5) is 0 Å². The van der Waals surface area contributed by atoms with Gasteiger partial charge in [0.15, 0.2) is 0 Å². The second kappa shape index (κ2) is 6.57. The lowest BCUT2D eigenvalue weighted by Crippen LogP contribution is -2.35. The van der Waals surface area contributed by atoms with Crippen LogP contribution in [0.1, 0.15) is 25.0 Å². The van der Waals surface area contributed by atoms with Crippen molar-refractivity contribution in [3.05, 3.63) is 62.0 Å². The van der Waals surface area contributed by atoms with Gasteiger partial charge in [0.2, 0.25) is 0 Å². The summed E-state index contributed by atoms with van der Waals surface area (Å²) in [6.07, 6.45) is 0. The number of rotatable bonds is 4. The first kappa shape index (κ1) is 16.6. The fourth-order valence-electron chi connectivity index (χ4n) is 2.04. The van der Waals surface area contributed by atoms with E-state index < -0.39 is 0 Å². The molecular formula is C16H16BrCl2NO. The van der Waals surface area contributed by atoms with E-state index >= 15 is 0 Å². The number of hydrogen-bond acceptors (Lipinski definition) is 2. The van der Waals surface area contributed by atoms with E-state index in [1.54, 1.807) is 6.07 Å². The van der Waals surface area contributed by atoms with Gasteiger partial charge in [-0.1, -0.05) is 51.3 Å². The average Bonchev–Trinajstić information content (AvgIpc) is 2.42. The quantitative estimate of drug-likeness (QED) is 0.725. The topological polar surface area (TPSA) is 32.3 Å². The van der Waals surface area contributed by atoms with E-state index in [0.29, 0.717) is 17.1 Å². The highest BCUT2D eigenvalue weighted by molar-refractivity contribution is 9.10. The van der Waals surface area contributed by atoms with E-state index in [9.17, 15) is 5.11 Å². The summed E-state index contributed by atoms with van der Waals surface area (Å²) in [6, 6.07) is 11.4. The van der Waals surface area contributed by atoms with Crippen LogP contribution in [0.5, 0.6) is 5.75 Å². The van der Waals surface area contributed by atoms with Crippen LogP contribution >= 0.6 is 39.1 Å². The van der Waals surface area contributed by atoms with E-state index in [1.807, 2.05) is 12.1 Å². The molecule has 0 aliphatic rings. The predicted molar refractivity (Wildman–Crippen MR) is 92.1 cm³/mol. The summed E-state index contributed by atoms with van der Waals surface area (Å²) >= 11 is 15.3. The third-order valence-electron chi connectivity index (χ3n) is 3.39. The lowest BCUT2D eigenvalue weighted by atomic mass is 9.94. The molecule has 0 atom stereocenters. The first-order valence-corrected chi connectivity index (χ1v) is 8.02. The molecule has 0 aliphatic carbocycles. The molecule has 2 N–H and O–H groups in total. The van der Waals surface area contributed by atoms with Gasteiger partial charge in [-0.15, -0.1) is 0 Å². The molecule has 0 bridgehead atoms. The first-order chi connectivity index (χ1) is 9.79. The summed E-state index contributed by atoms with van der Waals surface area (Å²) in [5.74, 6) is 0.0696. The Balaban J connectivity index is 2.17. The van der Waals surface area contributed by atoms with Crippen LogP contribution in [0.15, 0.2) is 40.9 Å². The maximum Gasteiger partial charge on any atom is 0.138 e. The lowest BCUT2D eigenvalue weighted by molar-refractivity contribution is 0.392. The lowest BCUT2D eigenvalue weighted by Gasteiger charge is -2.27. The Labute approximate surface area is 143 Å². The van der Waals surface area contributed by atoms with Crippen LogP contribution in [-0.2, 0) is 12.1 Å². The molecular weight excluding hydrogens is 373 g/mol. The van der Waals surface area contributed by atoms with Crippen LogP contribution in [0.25, 0.3) is 0 Å². The number of hydrogen-bond donors (Lipinski definition) is 2. The van der Waals surface area contributed by atoms with Crippen LogP contribution in [-0.4, -0.2) is 5.11 Å². The number of phenols is 1. The molecule has 2 aromatic rings. The van der Waals surface area contributed by atoms with E-state index in [0.717, 1.165) is 10.0 Å². The normalized spacial score (nSPS) is 11.7. The number of halogens is 3. The Morgan fingerprint density at radius 3 is 2.38 bits per heavy atom. The summed E-state index contributed by atoms with van der Waals surface area (Å²) in [4.78, 5) is 0. The zero-order chi connectivity index (χ0) is 15.6. The first-order valence-electron chi connectivity index (χ1n) is 6.47. The van der Waals surface area contributed by atoms with Gasteiger partial charge >= 0.3 is 0 Å². The van der Waals surface area contributed by atoms with Crippen molar-refractivity contribution in [1.29, 1.82) is 0 Å². The van der Waals surface area contributed by atoms with Crippen molar-refractivity contribution in [3.63, 3.8) is 0 Å². The number of aromatic hydroxyl groups is 1. The highest BCUT2D eigenvalue weighted by Gasteiger charge is 2.20. The van der Waals surface area contributed by atoms with Gasteiger partial charge in [-0.3, -0.25) is 0 Å². The largest absolute Gasteiger partial charge is 0.506 e. The van der Waals surface area contributed by atoms with Gasteiger partial charge in [0.05, 0.1) is 5.02 Å². The standard InChI is InChI=1S/C16H16BrCl2NO/c1-16(2,11-3-5-12(17)6-4-11)20-9-10-7-13(18)8-14(19)15(10)21/h3-8,20-21H,9H2,1-2H3. The molecule has 2 aromatic carbocycles. The van der Waals surface area contributed by atoms with Crippen LogP contribution in [0, 0.1) is 0 Å². The smallest absolute Gasteiger partial charge is 0.138 e. The number of phenolic OH excluding ortho intramolecular Hbond substituents is 1. The Morgan fingerprint density at radius 2 is 1.76 bits per heavy atom. The highest BCUT2D eigenvalue weighted by atomic mass is 79.9. The number of benzene rings is 2. The third kappa shape index (κ3) is 4.13. The van der Waals surface area contributed by atoms with Crippen molar-refractivity contribution in [3.8, 4) is 5.75 Å². The van der Waals surface area contributed by atoms with Crippen LogP contribution in [0.3, 0.4) is 0 Å². The molecule has 0 spiro atoms. The van der Waals surface area contributed by atoms with E-state index in [4.69, 9.17) is 23.2 Å². The number of nitrogens with one attached hydrogen (secondary N) is 1. The van der Waals surface area contributed by atoms with Crippen molar-refractivity contribution < 1.29 is 5.11 Å². The predicted octanol–water partition coefficient (Wildman–Crippen LogP) is 5.49. The zero-order valence-corrected chi connectivity index (χ0v) is 14.9. The molecule has 0 fully saturated rings. The van der Waals surface area contributed by atoms with E-state index in [-0.39, 0.29) is 16.3 Å². The van der Waals surface area contributed by atoms with Crippen molar-refractivity contribution in [2.75, 3.05) is 0 Å². The monoisotopic (exact) mass is 387 g/mol. The minimum atomic E-state index is -0.248. The third-order valence-corrected chi connectivity index (χ3v) is 4.43. The molecule has 0 amide bonds. The van der Waals surface area contributed by atoms with Gasteiger partial charge < -0.3 is 10.4 Å². The minimum Gasteiger partial charge on any atom is -0.506 e. The van der Waals surface area contributed by atoms with E-state index in [2.05, 4.69) is 47.2 Å². The summed E-state index contributed by atoms with van der Waals surface area (Å²) in [6.45, 7) is 4.63. The van der Waals surface area contributed by atoms with Crippen molar-refractivity contribution in [2.24, 2.45) is 0 Å². The van der Waals surface area contributed by atoms with E-state index in [1.165, 1.54) is 6.07 Å². The van der Waals surface area contributed by atoms with Crippen molar-refractivity contribution in [1.82, 2.24) is 5.32 Å². The molecule has 21 heavy (non-hydrogen) atoms. The Hall–Kier alpha value is -0.740. The van der Waals surface area contributed by atoms with Crippen molar-refractivity contribution in [2.45, 2.75) is 25.9 Å². The van der Waals surface area contributed by atoms with Gasteiger partial charge in [0.25, 0.3) is 0 Å². The molecule has 0 radical (unpaired) electrons. The Morgan fingerprint density at radius 1 is 1.14 bits per heavy atom. The summed E-state index contributed by atoms with van der Waals surface area (Å²) < 4.78 is 1.04. The molecule has 0 aliphatic heterocycles. The SMILES string of the molecule is CC(C)(NCc1cc(Cl)cc(Cl)c1O)c1ccc(Br)cc1. The van der Waals surface area contributed by atoms with Gasteiger partial charge in [0, 0.05) is 27.1 Å². The molecule has 112 valence electrons. The minimum absolute atomic E-state index is 0.0696. The average molecular weight is 389 g/mol. The van der Waals surface area contributed by atoms with Gasteiger partial charge in [-0.2, -0.15) is 0 Å². The molecule has 2 rings (SSSR count). The van der Waals surface area contributed by atoms with Crippen LogP contribution < -0.4 is 5.32 Å². The second-order valence-electron chi connectivity index (χ2n) is 5.38. The molecule has 0 aromatic heterocycles. The molecule has 2 nitrogen and oxygen atoms in total. The summed E-state index contributed by atoms with van der Waals surface area (Å²) in [5, 5.41) is 14.2. The summed E-state index contributed by atoms with van der Waals surface area (Å²) in [5.41, 5.74) is 1.58. The molecule has 5 heteroatoms. The van der Waals surface area contributed by atoms with Gasteiger partial charge in [-0.25, -0.2) is 0 Å². The Kier molecular flexibility index (Phi) is 5.20. The van der Waals surface area contributed by atoms with Crippen molar-refractivity contribution >= 4 is 39.1 Å².